The fourth-order valence-electron chi connectivity index (χ4n) is 4.20. The van der Waals surface area contributed by atoms with Gasteiger partial charge in [-0.2, -0.15) is 4.98 Å². The molecule has 140 valence electrons. The van der Waals surface area contributed by atoms with Crippen molar-refractivity contribution in [3.05, 3.63) is 30.9 Å². The van der Waals surface area contributed by atoms with Gasteiger partial charge >= 0.3 is 0 Å². The van der Waals surface area contributed by atoms with Crippen molar-refractivity contribution in [3.8, 4) is 0 Å². The second-order valence-corrected chi connectivity index (χ2v) is 7.75. The zero-order valence-electron chi connectivity index (χ0n) is 15.4. The van der Waals surface area contributed by atoms with Gasteiger partial charge in [0.05, 0.1) is 18.0 Å². The number of nitrogens with zero attached hydrogens (tertiary/aromatic N) is 6. The molecule has 4 heterocycles. The first-order valence-corrected chi connectivity index (χ1v) is 9.42. The number of rotatable bonds is 5. The molecule has 1 saturated heterocycles. The molecule has 2 N–H and O–H groups in total. The highest BCUT2D eigenvalue weighted by Gasteiger charge is 2.55. The number of aromatic nitrogens is 5. The number of fused-ring (bicyclic) bond motifs is 2. The molecule has 2 fully saturated rings. The Hall–Kier alpha value is -2.74. The minimum atomic E-state index is 0.298. The molecule has 1 aliphatic heterocycles. The molecule has 0 spiro atoms. The maximum atomic E-state index is 9.32. The summed E-state index contributed by atoms with van der Waals surface area (Å²) in [6.45, 7) is 6.42. The van der Waals surface area contributed by atoms with Gasteiger partial charge < -0.3 is 19.9 Å². The molecule has 2 unspecified atom stereocenters. The lowest BCUT2D eigenvalue weighted by Crippen LogP contribution is -2.26. The normalized spacial score (nSPS) is 23.9. The van der Waals surface area contributed by atoms with Crippen molar-refractivity contribution < 1.29 is 5.11 Å². The number of pyridine rings is 1. The largest absolute Gasteiger partial charge is 0.396 e. The Morgan fingerprint density at radius 3 is 2.74 bits per heavy atom. The summed E-state index contributed by atoms with van der Waals surface area (Å²) >= 11 is 0. The molecule has 2 atom stereocenters. The first kappa shape index (κ1) is 16.4. The van der Waals surface area contributed by atoms with Gasteiger partial charge in [0.2, 0.25) is 5.95 Å². The number of anilines is 3. The minimum Gasteiger partial charge on any atom is -0.396 e. The SMILES string of the molecule is CC(C)n1cnc2cnc(Nc3ccnc(N4CC5C(CO)C5C4)n3)cc21. The molecular formula is C19H23N7O. The monoisotopic (exact) mass is 365 g/mol. The smallest absolute Gasteiger partial charge is 0.227 e. The quantitative estimate of drug-likeness (QED) is 0.716. The number of aliphatic hydroxyl groups excluding tert-OH is 1. The molecule has 8 heteroatoms. The standard InChI is InChI=1S/C19H23N7O/c1-11(2)26-10-22-15-6-21-18(5-16(15)26)23-17-3-4-20-19(24-17)25-7-12-13(8-25)14(12)9-27/h3-6,10-14,27H,7-9H2,1-2H3,(H,20,21,23,24). The fraction of sp³-hybridized carbons (Fsp3) is 0.474. The maximum Gasteiger partial charge on any atom is 0.227 e. The van der Waals surface area contributed by atoms with Crippen LogP contribution in [0, 0.1) is 17.8 Å². The van der Waals surface area contributed by atoms with Gasteiger partial charge in [-0.1, -0.05) is 0 Å². The van der Waals surface area contributed by atoms with Crippen LogP contribution in [0.2, 0.25) is 0 Å². The van der Waals surface area contributed by atoms with Gasteiger partial charge in [0.25, 0.3) is 0 Å². The van der Waals surface area contributed by atoms with Crippen LogP contribution in [0.5, 0.6) is 0 Å². The van der Waals surface area contributed by atoms with Gasteiger partial charge in [0, 0.05) is 38.0 Å². The van der Waals surface area contributed by atoms with Gasteiger partial charge in [-0.05, 0) is 37.7 Å². The first-order chi connectivity index (χ1) is 13.1. The Kier molecular flexibility index (Phi) is 3.75. The predicted octanol–water partition coefficient (Wildman–Crippen LogP) is 2.22. The van der Waals surface area contributed by atoms with Crippen LogP contribution < -0.4 is 10.2 Å². The average Bonchev–Trinajstić information content (AvgIpc) is 3.00. The van der Waals surface area contributed by atoms with E-state index in [0.717, 1.165) is 41.7 Å². The zero-order valence-corrected chi connectivity index (χ0v) is 15.4. The number of hydrogen-bond donors (Lipinski definition) is 2. The van der Waals surface area contributed by atoms with Crippen LogP contribution in [0.1, 0.15) is 19.9 Å². The van der Waals surface area contributed by atoms with Crippen molar-refractivity contribution in [1.29, 1.82) is 0 Å². The van der Waals surface area contributed by atoms with Crippen LogP contribution in [-0.4, -0.2) is 49.3 Å². The number of imidazole rings is 1. The molecule has 0 aromatic carbocycles. The van der Waals surface area contributed by atoms with Crippen LogP contribution in [0.4, 0.5) is 17.6 Å². The molecule has 0 amide bonds. The van der Waals surface area contributed by atoms with Gasteiger partial charge in [-0.3, -0.25) is 0 Å². The van der Waals surface area contributed by atoms with E-state index in [1.165, 1.54) is 0 Å². The highest BCUT2D eigenvalue weighted by Crippen LogP contribution is 2.51. The van der Waals surface area contributed by atoms with Crippen molar-refractivity contribution in [2.24, 2.45) is 17.8 Å². The van der Waals surface area contributed by atoms with Crippen molar-refractivity contribution >= 4 is 28.6 Å². The van der Waals surface area contributed by atoms with Gasteiger partial charge in [-0.25, -0.2) is 15.0 Å². The lowest BCUT2D eigenvalue weighted by molar-refractivity contribution is 0.260. The highest BCUT2D eigenvalue weighted by molar-refractivity contribution is 5.78. The lowest BCUT2D eigenvalue weighted by atomic mass is 10.3. The summed E-state index contributed by atoms with van der Waals surface area (Å²) in [6.07, 6.45) is 5.40. The second-order valence-electron chi connectivity index (χ2n) is 7.75. The predicted molar refractivity (Wildman–Crippen MR) is 103 cm³/mol. The Bertz CT molecular complexity index is 973. The van der Waals surface area contributed by atoms with Gasteiger partial charge in [0.1, 0.15) is 17.2 Å². The Balaban J connectivity index is 1.35. The van der Waals surface area contributed by atoms with E-state index >= 15 is 0 Å². The molecule has 5 rings (SSSR count). The van der Waals surface area contributed by atoms with Crippen LogP contribution in [-0.2, 0) is 0 Å². The van der Waals surface area contributed by atoms with E-state index in [4.69, 9.17) is 0 Å². The summed E-state index contributed by atoms with van der Waals surface area (Å²) in [7, 11) is 0. The molecule has 2 aliphatic rings. The summed E-state index contributed by atoms with van der Waals surface area (Å²) in [5.41, 5.74) is 1.93. The Morgan fingerprint density at radius 2 is 2.00 bits per heavy atom. The first-order valence-electron chi connectivity index (χ1n) is 9.42. The van der Waals surface area contributed by atoms with E-state index in [2.05, 4.69) is 48.6 Å². The summed E-state index contributed by atoms with van der Waals surface area (Å²) in [5, 5.41) is 12.6. The molecule has 1 aliphatic carbocycles. The second kappa shape index (κ2) is 6.16. The van der Waals surface area contributed by atoms with E-state index in [1.54, 1.807) is 12.4 Å². The average molecular weight is 365 g/mol. The van der Waals surface area contributed by atoms with E-state index in [-0.39, 0.29) is 0 Å². The van der Waals surface area contributed by atoms with E-state index < -0.39 is 0 Å². The molecular weight excluding hydrogens is 342 g/mol. The summed E-state index contributed by atoms with van der Waals surface area (Å²) in [6, 6.07) is 4.18. The van der Waals surface area contributed by atoms with E-state index in [0.29, 0.717) is 30.4 Å². The third kappa shape index (κ3) is 2.80. The summed E-state index contributed by atoms with van der Waals surface area (Å²) < 4.78 is 2.13. The topological polar surface area (TPSA) is 92.0 Å². The van der Waals surface area contributed by atoms with E-state index in [9.17, 15) is 5.11 Å². The third-order valence-corrected chi connectivity index (χ3v) is 5.78. The van der Waals surface area contributed by atoms with E-state index in [1.807, 2.05) is 18.5 Å². The Labute approximate surface area is 157 Å². The molecule has 3 aromatic heterocycles. The number of nitrogens with one attached hydrogen (secondary N) is 1. The summed E-state index contributed by atoms with van der Waals surface area (Å²) in [5.74, 6) is 3.86. The summed E-state index contributed by atoms with van der Waals surface area (Å²) in [4.78, 5) is 20.1. The van der Waals surface area contributed by atoms with Crippen LogP contribution in [0.25, 0.3) is 11.0 Å². The van der Waals surface area contributed by atoms with Gasteiger partial charge in [-0.15, -0.1) is 0 Å². The number of piperidine rings is 1. The van der Waals surface area contributed by atoms with Crippen molar-refractivity contribution in [1.82, 2.24) is 24.5 Å². The Morgan fingerprint density at radius 1 is 1.19 bits per heavy atom. The molecule has 27 heavy (non-hydrogen) atoms. The number of hydrogen-bond acceptors (Lipinski definition) is 7. The minimum absolute atomic E-state index is 0.298. The molecule has 0 radical (unpaired) electrons. The highest BCUT2D eigenvalue weighted by atomic mass is 16.3. The van der Waals surface area contributed by atoms with Crippen LogP contribution >= 0.6 is 0 Å². The van der Waals surface area contributed by atoms with Crippen molar-refractivity contribution in [2.75, 3.05) is 29.9 Å². The van der Waals surface area contributed by atoms with Crippen molar-refractivity contribution in [2.45, 2.75) is 19.9 Å². The number of aliphatic hydroxyl groups is 1. The fourth-order valence-corrected chi connectivity index (χ4v) is 4.20. The zero-order chi connectivity index (χ0) is 18.5. The third-order valence-electron chi connectivity index (χ3n) is 5.78. The van der Waals surface area contributed by atoms with Crippen molar-refractivity contribution in [3.63, 3.8) is 0 Å². The maximum absolute atomic E-state index is 9.32. The van der Waals surface area contributed by atoms with Crippen LogP contribution in [0.15, 0.2) is 30.9 Å². The lowest BCUT2D eigenvalue weighted by Gasteiger charge is -2.19. The van der Waals surface area contributed by atoms with Crippen LogP contribution in [0.3, 0.4) is 0 Å². The molecule has 0 bridgehead atoms. The molecule has 8 nitrogen and oxygen atoms in total. The van der Waals surface area contributed by atoms with Gasteiger partial charge in [0.15, 0.2) is 0 Å². The molecule has 1 saturated carbocycles. The molecule has 3 aromatic rings.